The number of nitrogens with zero attached hydrogens (tertiary/aromatic N) is 2. The molecule has 0 spiro atoms. The minimum atomic E-state index is -0.462. The van der Waals surface area contributed by atoms with E-state index < -0.39 is 11.8 Å². The van der Waals surface area contributed by atoms with E-state index in [1.807, 2.05) is 0 Å². The second kappa shape index (κ2) is 6.84. The molecule has 0 aliphatic carbocycles. The molecule has 0 atom stereocenters. The van der Waals surface area contributed by atoms with Gasteiger partial charge in [0.25, 0.3) is 11.8 Å². The average molecular weight is 250 g/mol. The Morgan fingerprint density at radius 1 is 0.833 bits per heavy atom. The van der Waals surface area contributed by atoms with Crippen LogP contribution in [0.2, 0.25) is 0 Å². The third-order valence-electron chi connectivity index (χ3n) is 2.02. The van der Waals surface area contributed by atoms with Crippen molar-refractivity contribution in [2.24, 2.45) is 10.4 Å². The molecule has 0 bridgehead atoms. The van der Waals surface area contributed by atoms with Gasteiger partial charge in [-0.1, -0.05) is 0 Å². The first kappa shape index (κ1) is 13.4. The Morgan fingerprint density at radius 2 is 1.17 bits per heavy atom. The lowest BCUT2D eigenvalue weighted by atomic mass is 10.1. The summed E-state index contributed by atoms with van der Waals surface area (Å²) in [5.74, 6) is -0.924. The molecule has 0 fully saturated rings. The van der Waals surface area contributed by atoms with E-state index in [4.69, 9.17) is 0 Å². The summed E-state index contributed by atoms with van der Waals surface area (Å²) in [6.07, 6.45) is 0. The zero-order chi connectivity index (χ0) is 13.4. The van der Waals surface area contributed by atoms with Crippen molar-refractivity contribution in [1.82, 2.24) is 10.6 Å². The van der Waals surface area contributed by atoms with Crippen LogP contribution in [0.4, 0.5) is 0 Å². The number of carbonyl (C=O) groups excluding carboxylic acids is 2. The molecule has 8 heteroatoms. The lowest BCUT2D eigenvalue weighted by Gasteiger charge is -2.03. The molecule has 0 saturated carbocycles. The molecule has 0 heterocycles. The molecule has 0 aromatic heterocycles. The third kappa shape index (κ3) is 3.74. The molecule has 0 saturated heterocycles. The van der Waals surface area contributed by atoms with Gasteiger partial charge < -0.3 is 10.6 Å². The number of amides is 2. The van der Waals surface area contributed by atoms with Crippen LogP contribution in [0.1, 0.15) is 20.7 Å². The van der Waals surface area contributed by atoms with Gasteiger partial charge in [-0.25, -0.2) is 0 Å². The minimum Gasteiger partial charge on any atom is -0.330 e. The van der Waals surface area contributed by atoms with Gasteiger partial charge in [0, 0.05) is 11.1 Å². The number of benzene rings is 1. The van der Waals surface area contributed by atoms with Crippen molar-refractivity contribution in [2.75, 3.05) is 13.3 Å². The van der Waals surface area contributed by atoms with Crippen molar-refractivity contribution in [3.8, 4) is 0 Å². The van der Waals surface area contributed by atoms with E-state index in [1.54, 1.807) is 0 Å². The molecule has 94 valence electrons. The molecule has 0 aliphatic rings. The standard InChI is InChI=1S/C10H10N4O4/c15-9(11-5-13-17)7-1-2-8(4-3-7)10(16)12-6-14-18/h1-4H,5-6H2,(H,11,15)(H,12,16). The van der Waals surface area contributed by atoms with E-state index in [2.05, 4.69) is 21.0 Å². The summed E-state index contributed by atoms with van der Waals surface area (Å²) in [5.41, 5.74) is 0.590. The predicted octanol–water partition coefficient (Wildman–Crippen LogP) is 0.594. The molecule has 0 radical (unpaired) electrons. The summed E-state index contributed by atoms with van der Waals surface area (Å²) >= 11 is 0. The van der Waals surface area contributed by atoms with E-state index in [9.17, 15) is 19.4 Å². The fourth-order valence-electron chi connectivity index (χ4n) is 1.19. The van der Waals surface area contributed by atoms with Crippen molar-refractivity contribution in [1.29, 1.82) is 0 Å². The zero-order valence-corrected chi connectivity index (χ0v) is 9.25. The number of hydrogen-bond donors (Lipinski definition) is 2. The van der Waals surface area contributed by atoms with Crippen LogP contribution in [0.5, 0.6) is 0 Å². The topological polar surface area (TPSA) is 117 Å². The average Bonchev–Trinajstić information content (AvgIpc) is 2.42. The highest BCUT2D eigenvalue weighted by Crippen LogP contribution is 2.04. The van der Waals surface area contributed by atoms with Crippen LogP contribution in [0.3, 0.4) is 0 Å². The lowest BCUT2D eigenvalue weighted by molar-refractivity contribution is 0.0943. The molecule has 1 rings (SSSR count). The quantitative estimate of drug-likeness (QED) is 0.718. The van der Waals surface area contributed by atoms with E-state index in [1.165, 1.54) is 24.3 Å². The van der Waals surface area contributed by atoms with Crippen LogP contribution < -0.4 is 10.6 Å². The molecule has 2 N–H and O–H groups in total. The Bertz CT molecular complexity index is 414. The number of carbonyl (C=O) groups is 2. The van der Waals surface area contributed by atoms with Gasteiger partial charge in [-0.15, -0.1) is 9.81 Å². The van der Waals surface area contributed by atoms with E-state index in [0.717, 1.165) is 0 Å². The molecular weight excluding hydrogens is 240 g/mol. The number of hydrogen-bond acceptors (Lipinski definition) is 6. The highest BCUT2D eigenvalue weighted by atomic mass is 16.3. The number of rotatable bonds is 6. The zero-order valence-electron chi connectivity index (χ0n) is 9.25. The second-order valence-corrected chi connectivity index (χ2v) is 3.16. The normalized spacial score (nSPS) is 9.33. The highest BCUT2D eigenvalue weighted by Gasteiger charge is 2.08. The van der Waals surface area contributed by atoms with E-state index in [-0.39, 0.29) is 13.3 Å². The summed E-state index contributed by atoms with van der Waals surface area (Å²) in [7, 11) is 0. The maximum absolute atomic E-state index is 11.4. The Hall–Kier alpha value is -2.64. The highest BCUT2D eigenvalue weighted by molar-refractivity contribution is 5.97. The molecule has 1 aromatic carbocycles. The largest absolute Gasteiger partial charge is 0.330 e. The molecule has 0 aliphatic heterocycles. The fraction of sp³-hybridized carbons (Fsp3) is 0.200. The lowest BCUT2D eigenvalue weighted by Crippen LogP contribution is -2.24. The summed E-state index contributed by atoms with van der Waals surface area (Å²) in [6.45, 7) is -0.627. The number of nitroso groups, excluding NO2 is 2. The fourth-order valence-corrected chi connectivity index (χ4v) is 1.19. The van der Waals surface area contributed by atoms with Gasteiger partial charge in [0.05, 0.1) is 0 Å². The van der Waals surface area contributed by atoms with Crippen LogP contribution >= 0.6 is 0 Å². The smallest absolute Gasteiger partial charge is 0.252 e. The van der Waals surface area contributed by atoms with Gasteiger partial charge in [-0.3, -0.25) is 9.59 Å². The Balaban J connectivity index is 2.67. The predicted molar refractivity (Wildman–Crippen MR) is 62.7 cm³/mol. The Kier molecular flexibility index (Phi) is 5.10. The molecule has 1 aromatic rings. The Morgan fingerprint density at radius 3 is 1.44 bits per heavy atom. The van der Waals surface area contributed by atoms with Gasteiger partial charge in [0.1, 0.15) is 0 Å². The summed E-state index contributed by atoms with van der Waals surface area (Å²) < 4.78 is 0. The molecule has 8 nitrogen and oxygen atoms in total. The van der Waals surface area contributed by atoms with Gasteiger partial charge in [0.15, 0.2) is 13.3 Å². The van der Waals surface area contributed by atoms with Gasteiger partial charge in [-0.2, -0.15) is 0 Å². The summed E-state index contributed by atoms with van der Waals surface area (Å²) in [5, 5.41) is 9.50. The van der Waals surface area contributed by atoms with Crippen molar-refractivity contribution in [3.05, 3.63) is 45.2 Å². The van der Waals surface area contributed by atoms with Crippen LogP contribution in [0, 0.1) is 9.81 Å². The van der Waals surface area contributed by atoms with Crippen LogP contribution in [-0.2, 0) is 0 Å². The molecule has 18 heavy (non-hydrogen) atoms. The number of nitrogens with one attached hydrogen (secondary N) is 2. The van der Waals surface area contributed by atoms with Crippen molar-refractivity contribution >= 4 is 11.8 Å². The SMILES string of the molecule is O=NCNC(=O)c1ccc(C(=O)NCN=O)cc1. The van der Waals surface area contributed by atoms with Gasteiger partial charge in [-0.05, 0) is 34.6 Å². The van der Waals surface area contributed by atoms with Gasteiger partial charge >= 0.3 is 0 Å². The third-order valence-corrected chi connectivity index (χ3v) is 2.02. The summed E-state index contributed by atoms with van der Waals surface area (Å²) in [6, 6.07) is 5.68. The minimum absolute atomic E-state index is 0.295. The maximum atomic E-state index is 11.4. The first-order valence-corrected chi connectivity index (χ1v) is 4.93. The molecule has 2 amide bonds. The van der Waals surface area contributed by atoms with Crippen molar-refractivity contribution < 1.29 is 9.59 Å². The first-order valence-electron chi connectivity index (χ1n) is 4.93. The molecular formula is C10H10N4O4. The maximum Gasteiger partial charge on any atom is 0.252 e. The van der Waals surface area contributed by atoms with Crippen LogP contribution in [-0.4, -0.2) is 25.2 Å². The van der Waals surface area contributed by atoms with Crippen LogP contribution in [0.25, 0.3) is 0 Å². The monoisotopic (exact) mass is 250 g/mol. The first-order chi connectivity index (χ1) is 8.69. The van der Waals surface area contributed by atoms with E-state index >= 15 is 0 Å². The van der Waals surface area contributed by atoms with Crippen LogP contribution in [0.15, 0.2) is 34.6 Å². The van der Waals surface area contributed by atoms with Crippen molar-refractivity contribution in [3.63, 3.8) is 0 Å². The molecule has 0 unspecified atom stereocenters. The van der Waals surface area contributed by atoms with Crippen molar-refractivity contribution in [2.45, 2.75) is 0 Å². The summed E-state index contributed by atoms with van der Waals surface area (Å²) in [4.78, 5) is 42.4. The van der Waals surface area contributed by atoms with E-state index in [0.29, 0.717) is 11.1 Å². The Labute approximate surface area is 102 Å². The van der Waals surface area contributed by atoms with Gasteiger partial charge in [0.2, 0.25) is 0 Å². The second-order valence-electron chi connectivity index (χ2n) is 3.16.